The normalized spacial score (nSPS) is 31.9. The first kappa shape index (κ1) is 13.9. The van der Waals surface area contributed by atoms with E-state index in [2.05, 4.69) is 19.2 Å². The van der Waals surface area contributed by atoms with E-state index in [1.807, 2.05) is 0 Å². The Balaban J connectivity index is 2.52. The van der Waals surface area contributed by atoms with Gasteiger partial charge in [-0.05, 0) is 38.5 Å². The zero-order valence-electron chi connectivity index (χ0n) is 10.8. The molecule has 3 nitrogen and oxygen atoms in total. The van der Waals surface area contributed by atoms with Crippen LogP contribution in [0.15, 0.2) is 0 Å². The molecule has 3 heteroatoms. The van der Waals surface area contributed by atoms with Gasteiger partial charge in [0.25, 0.3) is 0 Å². The maximum atomic E-state index is 8.84. The molecule has 4 N–H and O–H groups in total. The Morgan fingerprint density at radius 2 is 2.31 bits per heavy atom. The molecule has 96 valence electrons. The summed E-state index contributed by atoms with van der Waals surface area (Å²) >= 11 is 0. The predicted molar refractivity (Wildman–Crippen MR) is 68.3 cm³/mol. The number of aliphatic hydroxyl groups is 1. The van der Waals surface area contributed by atoms with E-state index in [9.17, 15) is 0 Å². The minimum Gasteiger partial charge on any atom is -0.396 e. The standard InChI is InChI=1S/C13H28N2O/c1-3-12-7-4-8-13(12,10-14)15-11(2)6-5-9-16/h11-12,15-16H,3-10,14H2,1-2H3. The molecular formula is C13H28N2O. The number of nitrogens with two attached hydrogens (primary N) is 1. The quantitative estimate of drug-likeness (QED) is 0.621. The SMILES string of the molecule is CCC1CCCC1(CN)NC(C)CCCO. The second-order valence-electron chi connectivity index (χ2n) is 5.27. The van der Waals surface area contributed by atoms with Crippen LogP contribution in [-0.2, 0) is 0 Å². The summed E-state index contributed by atoms with van der Waals surface area (Å²) in [7, 11) is 0. The highest BCUT2D eigenvalue weighted by atomic mass is 16.2. The Bertz CT molecular complexity index is 198. The lowest BCUT2D eigenvalue weighted by Gasteiger charge is -2.38. The van der Waals surface area contributed by atoms with E-state index in [-0.39, 0.29) is 5.54 Å². The molecule has 0 spiro atoms. The van der Waals surface area contributed by atoms with Crippen LogP contribution in [0.2, 0.25) is 0 Å². The molecule has 0 aliphatic heterocycles. The second-order valence-corrected chi connectivity index (χ2v) is 5.27. The van der Waals surface area contributed by atoms with Crippen LogP contribution >= 0.6 is 0 Å². The molecule has 1 aliphatic rings. The highest BCUT2D eigenvalue weighted by molar-refractivity contribution is 5.00. The van der Waals surface area contributed by atoms with Crippen molar-refractivity contribution in [3.63, 3.8) is 0 Å². The van der Waals surface area contributed by atoms with Crippen LogP contribution in [0.4, 0.5) is 0 Å². The van der Waals surface area contributed by atoms with Gasteiger partial charge in [0.15, 0.2) is 0 Å². The third-order valence-electron chi connectivity index (χ3n) is 4.14. The Morgan fingerprint density at radius 3 is 2.88 bits per heavy atom. The van der Waals surface area contributed by atoms with Crippen LogP contribution in [0.1, 0.15) is 52.4 Å². The molecule has 1 fully saturated rings. The topological polar surface area (TPSA) is 58.3 Å². The molecular weight excluding hydrogens is 200 g/mol. The molecule has 16 heavy (non-hydrogen) atoms. The van der Waals surface area contributed by atoms with Gasteiger partial charge in [-0.1, -0.05) is 19.8 Å². The molecule has 0 amide bonds. The van der Waals surface area contributed by atoms with Crippen molar-refractivity contribution in [3.05, 3.63) is 0 Å². The van der Waals surface area contributed by atoms with Gasteiger partial charge in [0.2, 0.25) is 0 Å². The Morgan fingerprint density at radius 1 is 1.56 bits per heavy atom. The van der Waals surface area contributed by atoms with E-state index >= 15 is 0 Å². The van der Waals surface area contributed by atoms with Gasteiger partial charge < -0.3 is 16.2 Å². The van der Waals surface area contributed by atoms with Crippen LogP contribution < -0.4 is 11.1 Å². The van der Waals surface area contributed by atoms with Crippen molar-refractivity contribution in [2.24, 2.45) is 11.7 Å². The molecule has 0 heterocycles. The summed E-state index contributed by atoms with van der Waals surface area (Å²) in [6.07, 6.45) is 6.96. The number of hydrogen-bond donors (Lipinski definition) is 3. The highest BCUT2D eigenvalue weighted by Gasteiger charge is 2.40. The first-order valence-electron chi connectivity index (χ1n) is 6.77. The predicted octanol–water partition coefficient (Wildman–Crippen LogP) is 1.64. The van der Waals surface area contributed by atoms with Crippen LogP contribution in [0.25, 0.3) is 0 Å². The minimum atomic E-state index is 0.170. The molecule has 0 aromatic heterocycles. The number of nitrogens with one attached hydrogen (secondary N) is 1. The third kappa shape index (κ3) is 3.19. The van der Waals surface area contributed by atoms with Crippen molar-refractivity contribution < 1.29 is 5.11 Å². The Hall–Kier alpha value is -0.120. The Labute approximate surface area is 99.8 Å². The zero-order chi connectivity index (χ0) is 12.0. The summed E-state index contributed by atoms with van der Waals surface area (Å²) < 4.78 is 0. The van der Waals surface area contributed by atoms with Gasteiger partial charge in [-0.15, -0.1) is 0 Å². The van der Waals surface area contributed by atoms with Gasteiger partial charge in [-0.25, -0.2) is 0 Å². The highest BCUT2D eigenvalue weighted by Crippen LogP contribution is 2.37. The van der Waals surface area contributed by atoms with Crippen molar-refractivity contribution in [2.75, 3.05) is 13.2 Å². The van der Waals surface area contributed by atoms with Crippen molar-refractivity contribution in [3.8, 4) is 0 Å². The molecule has 1 saturated carbocycles. The molecule has 3 unspecified atom stereocenters. The summed E-state index contributed by atoms with van der Waals surface area (Å²) in [5.74, 6) is 0.731. The molecule has 0 aromatic rings. The maximum absolute atomic E-state index is 8.84. The van der Waals surface area contributed by atoms with E-state index in [4.69, 9.17) is 10.8 Å². The fourth-order valence-electron chi connectivity index (χ4n) is 3.22. The number of hydrogen-bond acceptors (Lipinski definition) is 3. The summed E-state index contributed by atoms with van der Waals surface area (Å²) in [5.41, 5.74) is 6.17. The molecule has 0 saturated heterocycles. The summed E-state index contributed by atoms with van der Waals surface area (Å²) in [5, 5.41) is 12.6. The van der Waals surface area contributed by atoms with E-state index in [0.717, 1.165) is 25.3 Å². The van der Waals surface area contributed by atoms with Crippen molar-refractivity contribution >= 4 is 0 Å². The lowest BCUT2D eigenvalue weighted by molar-refractivity contribution is 0.209. The summed E-state index contributed by atoms with van der Waals surface area (Å²) in [6, 6.07) is 0.461. The average Bonchev–Trinajstić information content (AvgIpc) is 2.69. The van der Waals surface area contributed by atoms with E-state index in [1.165, 1.54) is 25.7 Å². The smallest absolute Gasteiger partial charge is 0.0431 e. The van der Waals surface area contributed by atoms with E-state index in [0.29, 0.717) is 12.6 Å². The number of aliphatic hydroxyl groups excluding tert-OH is 1. The zero-order valence-corrected chi connectivity index (χ0v) is 10.8. The minimum absolute atomic E-state index is 0.170. The van der Waals surface area contributed by atoms with Gasteiger partial charge >= 0.3 is 0 Å². The first-order valence-corrected chi connectivity index (χ1v) is 6.77. The lowest BCUT2D eigenvalue weighted by Crippen LogP contribution is -2.56. The van der Waals surface area contributed by atoms with E-state index in [1.54, 1.807) is 0 Å². The largest absolute Gasteiger partial charge is 0.396 e. The molecule has 1 rings (SSSR count). The third-order valence-corrected chi connectivity index (χ3v) is 4.14. The molecule has 1 aliphatic carbocycles. The van der Waals surface area contributed by atoms with Crippen molar-refractivity contribution in [1.82, 2.24) is 5.32 Å². The second kappa shape index (κ2) is 6.58. The average molecular weight is 228 g/mol. The molecule has 3 atom stereocenters. The van der Waals surface area contributed by atoms with Crippen LogP contribution in [0.3, 0.4) is 0 Å². The van der Waals surface area contributed by atoms with Gasteiger partial charge in [0.1, 0.15) is 0 Å². The van der Waals surface area contributed by atoms with Crippen LogP contribution in [-0.4, -0.2) is 29.8 Å². The fourth-order valence-corrected chi connectivity index (χ4v) is 3.22. The lowest BCUT2D eigenvalue weighted by atomic mass is 9.84. The molecule has 0 aromatic carbocycles. The fraction of sp³-hybridized carbons (Fsp3) is 1.00. The summed E-state index contributed by atoms with van der Waals surface area (Å²) in [4.78, 5) is 0. The van der Waals surface area contributed by atoms with Crippen molar-refractivity contribution in [1.29, 1.82) is 0 Å². The van der Waals surface area contributed by atoms with Gasteiger partial charge in [0, 0.05) is 24.7 Å². The van der Waals surface area contributed by atoms with Gasteiger partial charge in [-0.2, -0.15) is 0 Å². The van der Waals surface area contributed by atoms with Crippen molar-refractivity contribution in [2.45, 2.75) is 64.0 Å². The van der Waals surface area contributed by atoms with Crippen LogP contribution in [0, 0.1) is 5.92 Å². The molecule has 0 radical (unpaired) electrons. The van der Waals surface area contributed by atoms with E-state index < -0.39 is 0 Å². The summed E-state index contributed by atoms with van der Waals surface area (Å²) in [6.45, 7) is 5.51. The number of rotatable bonds is 7. The van der Waals surface area contributed by atoms with Crippen LogP contribution in [0.5, 0.6) is 0 Å². The monoisotopic (exact) mass is 228 g/mol. The first-order chi connectivity index (χ1) is 7.68. The van der Waals surface area contributed by atoms with Gasteiger partial charge in [-0.3, -0.25) is 0 Å². The van der Waals surface area contributed by atoms with Gasteiger partial charge in [0.05, 0.1) is 0 Å². The Kier molecular flexibility index (Phi) is 5.73. The maximum Gasteiger partial charge on any atom is 0.0431 e. The molecule has 0 bridgehead atoms.